The molecule has 0 bridgehead atoms. The van der Waals surface area contributed by atoms with E-state index in [-0.39, 0.29) is 10.6 Å². The van der Waals surface area contributed by atoms with Gasteiger partial charge in [0.1, 0.15) is 0 Å². The highest BCUT2D eigenvalue weighted by atomic mass is 16.6. The second-order valence-electron chi connectivity index (χ2n) is 5.25. The van der Waals surface area contributed by atoms with Crippen molar-refractivity contribution in [1.82, 2.24) is 9.97 Å². The van der Waals surface area contributed by atoms with Crippen molar-refractivity contribution in [1.29, 1.82) is 0 Å². The summed E-state index contributed by atoms with van der Waals surface area (Å²) in [6, 6.07) is 6.83. The maximum atomic E-state index is 10.8. The Morgan fingerprint density at radius 1 is 1.09 bits per heavy atom. The van der Waals surface area contributed by atoms with Crippen molar-refractivity contribution in [3.63, 3.8) is 0 Å². The first-order valence-electron chi connectivity index (χ1n) is 7.17. The first-order valence-corrected chi connectivity index (χ1v) is 7.17. The van der Waals surface area contributed by atoms with E-state index < -0.39 is 0 Å². The standard InChI is InChI=1S/C15H17N5O2/c1-12-11-13(20(21)22)3-4-14(12)18-7-9-19(10-8-18)15-16-5-2-6-17-15/h2-6,11H,7-10H2,1H3. The Labute approximate surface area is 128 Å². The number of piperazine rings is 1. The molecule has 2 heterocycles. The summed E-state index contributed by atoms with van der Waals surface area (Å²) >= 11 is 0. The van der Waals surface area contributed by atoms with Gasteiger partial charge in [-0.3, -0.25) is 10.1 Å². The number of anilines is 2. The third-order valence-corrected chi connectivity index (χ3v) is 3.85. The number of nitro benzene ring substituents is 1. The minimum Gasteiger partial charge on any atom is -0.368 e. The van der Waals surface area contributed by atoms with Crippen LogP contribution >= 0.6 is 0 Å². The van der Waals surface area contributed by atoms with Crippen molar-refractivity contribution in [2.24, 2.45) is 0 Å². The fraction of sp³-hybridized carbons (Fsp3) is 0.333. The third kappa shape index (κ3) is 2.83. The van der Waals surface area contributed by atoms with Crippen LogP contribution in [0.2, 0.25) is 0 Å². The van der Waals surface area contributed by atoms with E-state index in [1.807, 2.05) is 13.0 Å². The number of hydrogen-bond donors (Lipinski definition) is 0. The Bertz CT molecular complexity index is 669. The summed E-state index contributed by atoms with van der Waals surface area (Å²) in [7, 11) is 0. The van der Waals surface area contributed by atoms with E-state index in [0.29, 0.717) is 0 Å². The van der Waals surface area contributed by atoms with Crippen molar-refractivity contribution < 1.29 is 4.92 Å². The monoisotopic (exact) mass is 299 g/mol. The van der Waals surface area contributed by atoms with Gasteiger partial charge in [-0.2, -0.15) is 0 Å². The van der Waals surface area contributed by atoms with E-state index in [4.69, 9.17) is 0 Å². The lowest BCUT2D eigenvalue weighted by molar-refractivity contribution is -0.384. The van der Waals surface area contributed by atoms with E-state index >= 15 is 0 Å². The van der Waals surface area contributed by atoms with Crippen molar-refractivity contribution in [2.45, 2.75) is 6.92 Å². The number of hydrogen-bond acceptors (Lipinski definition) is 6. The first kappa shape index (κ1) is 14.2. The normalized spacial score (nSPS) is 15.0. The molecule has 1 fully saturated rings. The summed E-state index contributed by atoms with van der Waals surface area (Å²) in [5.74, 6) is 0.752. The summed E-state index contributed by atoms with van der Waals surface area (Å²) in [6.45, 7) is 5.27. The van der Waals surface area contributed by atoms with Gasteiger partial charge in [-0.1, -0.05) is 0 Å². The predicted molar refractivity (Wildman–Crippen MR) is 84.3 cm³/mol. The molecule has 7 heteroatoms. The van der Waals surface area contributed by atoms with Crippen LogP contribution in [0.15, 0.2) is 36.7 Å². The van der Waals surface area contributed by atoms with Crippen LogP contribution in [-0.4, -0.2) is 41.1 Å². The summed E-state index contributed by atoms with van der Waals surface area (Å²) < 4.78 is 0. The number of aromatic nitrogens is 2. The molecule has 3 rings (SSSR count). The molecule has 0 unspecified atom stereocenters. The van der Waals surface area contributed by atoms with Crippen LogP contribution in [0.5, 0.6) is 0 Å². The van der Waals surface area contributed by atoms with Gasteiger partial charge in [0.25, 0.3) is 5.69 Å². The maximum Gasteiger partial charge on any atom is 0.269 e. The van der Waals surface area contributed by atoms with Crippen molar-refractivity contribution in [3.8, 4) is 0 Å². The Kier molecular flexibility index (Phi) is 3.86. The summed E-state index contributed by atoms with van der Waals surface area (Å²) in [4.78, 5) is 23.4. The predicted octanol–water partition coefficient (Wildman–Crippen LogP) is 2.02. The topological polar surface area (TPSA) is 75.4 Å². The van der Waals surface area contributed by atoms with Crippen LogP contribution < -0.4 is 9.80 Å². The molecule has 1 aliphatic rings. The lowest BCUT2D eigenvalue weighted by Crippen LogP contribution is -2.47. The fourth-order valence-electron chi connectivity index (χ4n) is 2.71. The molecular formula is C15H17N5O2. The van der Waals surface area contributed by atoms with Crippen LogP contribution in [0, 0.1) is 17.0 Å². The SMILES string of the molecule is Cc1cc([N+](=O)[O-])ccc1N1CCN(c2ncccn2)CC1. The second kappa shape index (κ2) is 5.97. The Morgan fingerprint density at radius 3 is 2.32 bits per heavy atom. The molecule has 0 amide bonds. The summed E-state index contributed by atoms with van der Waals surface area (Å²) in [5.41, 5.74) is 2.12. The molecule has 7 nitrogen and oxygen atoms in total. The number of benzene rings is 1. The minimum absolute atomic E-state index is 0.137. The van der Waals surface area contributed by atoms with E-state index in [1.165, 1.54) is 0 Å². The van der Waals surface area contributed by atoms with Crippen LogP contribution in [0.25, 0.3) is 0 Å². The molecule has 22 heavy (non-hydrogen) atoms. The maximum absolute atomic E-state index is 10.8. The number of nitrogens with zero attached hydrogens (tertiary/aromatic N) is 5. The van der Waals surface area contributed by atoms with Gasteiger partial charge in [-0.15, -0.1) is 0 Å². The van der Waals surface area contributed by atoms with Crippen molar-refractivity contribution in [2.75, 3.05) is 36.0 Å². The molecule has 114 valence electrons. The van der Waals surface area contributed by atoms with Crippen LogP contribution in [-0.2, 0) is 0 Å². The molecule has 1 aromatic heterocycles. The number of non-ortho nitro benzene ring substituents is 1. The van der Waals surface area contributed by atoms with Gasteiger partial charge in [0.2, 0.25) is 5.95 Å². The molecule has 1 aliphatic heterocycles. The molecule has 1 aromatic carbocycles. The van der Waals surface area contributed by atoms with Gasteiger partial charge in [-0.05, 0) is 24.6 Å². The smallest absolute Gasteiger partial charge is 0.269 e. The Hall–Kier alpha value is -2.70. The zero-order valence-corrected chi connectivity index (χ0v) is 12.3. The Balaban J connectivity index is 1.70. The average Bonchev–Trinajstić information content (AvgIpc) is 2.56. The fourth-order valence-corrected chi connectivity index (χ4v) is 2.71. The number of nitro groups is 1. The molecule has 0 radical (unpaired) electrons. The van der Waals surface area contributed by atoms with E-state index in [1.54, 1.807) is 30.6 Å². The molecule has 0 N–H and O–H groups in total. The second-order valence-corrected chi connectivity index (χ2v) is 5.25. The Morgan fingerprint density at radius 2 is 1.73 bits per heavy atom. The zero-order chi connectivity index (χ0) is 15.5. The largest absolute Gasteiger partial charge is 0.368 e. The van der Waals surface area contributed by atoms with E-state index in [0.717, 1.165) is 43.4 Å². The van der Waals surface area contributed by atoms with E-state index in [2.05, 4.69) is 19.8 Å². The molecule has 0 aliphatic carbocycles. The van der Waals surface area contributed by atoms with Crippen LogP contribution in [0.4, 0.5) is 17.3 Å². The molecular weight excluding hydrogens is 282 g/mol. The summed E-state index contributed by atoms with van der Waals surface area (Å²) in [5, 5.41) is 10.8. The van der Waals surface area contributed by atoms with Gasteiger partial charge >= 0.3 is 0 Å². The van der Waals surface area contributed by atoms with Crippen LogP contribution in [0.3, 0.4) is 0 Å². The molecule has 1 saturated heterocycles. The molecule has 0 atom stereocenters. The highest BCUT2D eigenvalue weighted by molar-refractivity contribution is 5.58. The third-order valence-electron chi connectivity index (χ3n) is 3.85. The van der Waals surface area contributed by atoms with Gasteiger partial charge in [0.05, 0.1) is 4.92 Å². The lowest BCUT2D eigenvalue weighted by atomic mass is 10.1. The van der Waals surface area contributed by atoms with Gasteiger partial charge in [-0.25, -0.2) is 9.97 Å². The van der Waals surface area contributed by atoms with Gasteiger partial charge < -0.3 is 9.80 Å². The van der Waals surface area contributed by atoms with Crippen molar-refractivity contribution >= 4 is 17.3 Å². The van der Waals surface area contributed by atoms with Crippen molar-refractivity contribution in [3.05, 3.63) is 52.3 Å². The van der Waals surface area contributed by atoms with Gasteiger partial charge in [0.15, 0.2) is 0 Å². The molecule has 2 aromatic rings. The summed E-state index contributed by atoms with van der Waals surface area (Å²) in [6.07, 6.45) is 3.49. The lowest BCUT2D eigenvalue weighted by Gasteiger charge is -2.36. The highest BCUT2D eigenvalue weighted by Gasteiger charge is 2.20. The average molecular weight is 299 g/mol. The highest BCUT2D eigenvalue weighted by Crippen LogP contribution is 2.26. The van der Waals surface area contributed by atoms with E-state index in [9.17, 15) is 10.1 Å². The zero-order valence-electron chi connectivity index (χ0n) is 12.3. The quantitative estimate of drug-likeness (QED) is 0.637. The minimum atomic E-state index is -0.360. The number of rotatable bonds is 3. The van der Waals surface area contributed by atoms with Crippen LogP contribution in [0.1, 0.15) is 5.56 Å². The molecule has 0 saturated carbocycles. The first-order chi connectivity index (χ1) is 10.6. The molecule has 0 spiro atoms. The number of aryl methyl sites for hydroxylation is 1. The van der Waals surface area contributed by atoms with Gasteiger partial charge in [0, 0.05) is 56.4 Å².